The number of hydrogen-bond acceptors (Lipinski definition) is 12. The molecule has 2 saturated heterocycles. The van der Waals surface area contributed by atoms with Gasteiger partial charge in [0, 0.05) is 12.8 Å². The predicted octanol–water partition coefficient (Wildman–Crippen LogP) is -2.31. The summed E-state index contributed by atoms with van der Waals surface area (Å²) in [6.45, 7) is -0.697. The van der Waals surface area contributed by atoms with Crippen LogP contribution in [0.25, 0.3) is 0 Å². The number of aliphatic hydroxyl groups is 8. The van der Waals surface area contributed by atoms with E-state index in [1.165, 1.54) is 0 Å². The summed E-state index contributed by atoms with van der Waals surface area (Å²) in [6.07, 6.45) is -2.52. The maximum Gasteiger partial charge on any atom is 0.186 e. The molecule has 0 aromatic rings. The highest BCUT2D eigenvalue weighted by atomic mass is 16.7. The summed E-state index contributed by atoms with van der Waals surface area (Å²) in [6, 6.07) is -1.27. The number of Topliss-reactive ketones (excluding diaryl/α,β-unsaturated/α-hetero) is 1. The maximum absolute atomic E-state index is 12.1. The lowest BCUT2D eigenvalue weighted by Gasteiger charge is -2.39. The smallest absolute Gasteiger partial charge is 0.186 e. The van der Waals surface area contributed by atoms with Crippen LogP contribution in [0.15, 0.2) is 0 Å². The van der Waals surface area contributed by atoms with E-state index in [0.29, 0.717) is 25.7 Å². The molecule has 2 aliphatic rings. The number of nitrogens with one attached hydrogen (secondary N) is 1. The fraction of sp³-hybridized carbons (Fsp3) is 0.958. The van der Waals surface area contributed by atoms with Crippen molar-refractivity contribution in [1.29, 1.82) is 0 Å². The average Bonchev–Trinajstić information content (AvgIpc) is 3.16. The number of ether oxygens (including phenoxy) is 2. The Hall–Kier alpha value is -0.770. The second-order valence-electron chi connectivity index (χ2n) is 9.90. The van der Waals surface area contributed by atoms with E-state index >= 15 is 0 Å². The lowest BCUT2D eigenvalue weighted by atomic mass is 9.98. The zero-order chi connectivity index (χ0) is 26.7. The van der Waals surface area contributed by atoms with Crippen molar-refractivity contribution in [3.05, 3.63) is 0 Å². The molecule has 10 atom stereocenters. The van der Waals surface area contributed by atoms with Gasteiger partial charge >= 0.3 is 0 Å². The van der Waals surface area contributed by atoms with Crippen LogP contribution in [0.5, 0.6) is 0 Å². The molecule has 2 fully saturated rings. The number of carbonyl (C=O) groups excluding carboxylic acids is 1. The van der Waals surface area contributed by atoms with Gasteiger partial charge in [-0.1, -0.05) is 32.1 Å². The Balaban J connectivity index is 1.45. The zero-order valence-corrected chi connectivity index (χ0v) is 20.8. The molecule has 212 valence electrons. The largest absolute Gasteiger partial charge is 0.395 e. The minimum Gasteiger partial charge on any atom is -0.395 e. The molecular weight excluding hydrogens is 478 g/mol. The monoisotopic (exact) mass is 523 g/mol. The van der Waals surface area contributed by atoms with Crippen LogP contribution in [0, 0.1) is 0 Å². The highest BCUT2D eigenvalue weighted by Gasteiger charge is 2.44. The van der Waals surface area contributed by atoms with Gasteiger partial charge in [-0.3, -0.25) is 4.79 Å². The second-order valence-corrected chi connectivity index (χ2v) is 9.90. The molecule has 0 bridgehead atoms. The number of hydrogen-bond donors (Lipinski definition) is 9. The van der Waals surface area contributed by atoms with Gasteiger partial charge in [-0.2, -0.15) is 0 Å². The molecule has 9 N–H and O–H groups in total. The Morgan fingerprint density at radius 1 is 0.778 bits per heavy atom. The molecule has 2 aliphatic heterocycles. The SMILES string of the molecule is O=C(CCCCCCCC[C@@H](O)C1N[C@H](CO)[C@@H](O)[C@@H]1O)CCCO[C@@H]1O[C@H](CO)[C@@H](O)[C@H](O)[C@H]1O. The van der Waals surface area contributed by atoms with Crippen LogP contribution >= 0.6 is 0 Å². The fourth-order valence-corrected chi connectivity index (χ4v) is 4.76. The summed E-state index contributed by atoms with van der Waals surface area (Å²) < 4.78 is 10.6. The first-order valence-corrected chi connectivity index (χ1v) is 13.1. The number of unbranched alkanes of at least 4 members (excludes halogenated alkanes) is 5. The van der Waals surface area contributed by atoms with Gasteiger partial charge in [-0.05, 0) is 19.3 Å². The van der Waals surface area contributed by atoms with Crippen molar-refractivity contribution < 1.29 is 55.1 Å². The van der Waals surface area contributed by atoms with E-state index < -0.39 is 67.7 Å². The number of rotatable bonds is 17. The molecule has 2 heterocycles. The Morgan fingerprint density at radius 2 is 1.42 bits per heavy atom. The third-order valence-electron chi connectivity index (χ3n) is 7.08. The van der Waals surface area contributed by atoms with Crippen LogP contribution in [0.2, 0.25) is 0 Å². The average molecular weight is 524 g/mol. The normalized spacial score (nSPS) is 35.7. The highest BCUT2D eigenvalue weighted by molar-refractivity contribution is 5.78. The van der Waals surface area contributed by atoms with E-state index in [9.17, 15) is 45.6 Å². The van der Waals surface area contributed by atoms with Gasteiger partial charge in [0.1, 0.15) is 30.2 Å². The molecule has 12 heteroatoms. The third-order valence-corrected chi connectivity index (χ3v) is 7.08. The predicted molar refractivity (Wildman–Crippen MR) is 127 cm³/mol. The van der Waals surface area contributed by atoms with Crippen molar-refractivity contribution in [3.63, 3.8) is 0 Å². The Kier molecular flexibility index (Phi) is 14.2. The van der Waals surface area contributed by atoms with Gasteiger partial charge in [0.2, 0.25) is 0 Å². The molecule has 1 unspecified atom stereocenters. The van der Waals surface area contributed by atoms with E-state index in [0.717, 1.165) is 38.5 Å². The topological polar surface area (TPSA) is 209 Å². The first-order chi connectivity index (χ1) is 17.2. The molecule has 0 saturated carbocycles. The van der Waals surface area contributed by atoms with E-state index in [1.54, 1.807) is 0 Å². The Labute approximate surface area is 211 Å². The van der Waals surface area contributed by atoms with Gasteiger partial charge < -0.3 is 55.6 Å². The molecule has 0 radical (unpaired) electrons. The van der Waals surface area contributed by atoms with Crippen LogP contribution in [-0.4, -0.2) is 128 Å². The van der Waals surface area contributed by atoms with Gasteiger partial charge in [-0.15, -0.1) is 0 Å². The molecule has 2 rings (SSSR count). The number of aliphatic hydroxyl groups excluding tert-OH is 8. The molecule has 0 amide bonds. The summed E-state index contributed by atoms with van der Waals surface area (Å²) in [7, 11) is 0. The molecule has 12 nitrogen and oxygen atoms in total. The maximum atomic E-state index is 12.1. The standard InChI is InChI=1S/C24H45NO11/c26-12-15-19(30)21(32)18(25-15)16(29)10-6-4-2-1-3-5-8-14(28)9-7-11-35-24-23(34)22(33)20(31)17(13-27)36-24/h15-27,29-34H,1-13H2/t15-,16-,17-,18?,19-,20-,21-,22+,23-,24-/m1/s1. The molecule has 0 aliphatic carbocycles. The van der Waals surface area contributed by atoms with Crippen LogP contribution < -0.4 is 5.32 Å². The summed E-state index contributed by atoms with van der Waals surface area (Å²) >= 11 is 0. The van der Waals surface area contributed by atoms with E-state index in [2.05, 4.69) is 5.32 Å². The molecular formula is C24H45NO11. The summed E-state index contributed by atoms with van der Waals surface area (Å²) in [4.78, 5) is 12.1. The summed E-state index contributed by atoms with van der Waals surface area (Å²) in [5.41, 5.74) is 0. The van der Waals surface area contributed by atoms with Crippen molar-refractivity contribution in [2.24, 2.45) is 0 Å². The van der Waals surface area contributed by atoms with Gasteiger partial charge in [0.05, 0.1) is 50.2 Å². The van der Waals surface area contributed by atoms with Gasteiger partial charge in [-0.25, -0.2) is 0 Å². The molecule has 0 spiro atoms. The van der Waals surface area contributed by atoms with Crippen LogP contribution in [0.3, 0.4) is 0 Å². The second kappa shape index (κ2) is 16.2. The van der Waals surface area contributed by atoms with Crippen molar-refractivity contribution in [3.8, 4) is 0 Å². The fourth-order valence-electron chi connectivity index (χ4n) is 4.76. The highest BCUT2D eigenvalue weighted by Crippen LogP contribution is 2.23. The number of ketones is 1. The summed E-state index contributed by atoms with van der Waals surface area (Å²) in [5.74, 6) is 0.113. The van der Waals surface area contributed by atoms with Crippen molar-refractivity contribution in [1.82, 2.24) is 5.32 Å². The minimum absolute atomic E-state index is 0.113. The molecule has 0 aromatic carbocycles. The first-order valence-electron chi connectivity index (χ1n) is 13.1. The Bertz CT molecular complexity index is 625. The molecule has 0 aromatic heterocycles. The van der Waals surface area contributed by atoms with Crippen molar-refractivity contribution in [2.45, 2.75) is 125 Å². The lowest BCUT2D eigenvalue weighted by Crippen LogP contribution is -2.59. The summed E-state index contributed by atoms with van der Waals surface area (Å²) in [5, 5.41) is 80.7. The Morgan fingerprint density at radius 3 is 2.06 bits per heavy atom. The van der Waals surface area contributed by atoms with Crippen LogP contribution in [-0.2, 0) is 14.3 Å². The third kappa shape index (κ3) is 9.21. The van der Waals surface area contributed by atoms with Crippen LogP contribution in [0.1, 0.15) is 64.2 Å². The van der Waals surface area contributed by atoms with Gasteiger partial charge in [0.15, 0.2) is 6.29 Å². The van der Waals surface area contributed by atoms with Crippen molar-refractivity contribution in [2.75, 3.05) is 19.8 Å². The number of carbonyl (C=O) groups is 1. The van der Waals surface area contributed by atoms with E-state index in [1.807, 2.05) is 0 Å². The zero-order valence-electron chi connectivity index (χ0n) is 20.8. The van der Waals surface area contributed by atoms with E-state index in [4.69, 9.17) is 9.47 Å². The van der Waals surface area contributed by atoms with Gasteiger partial charge in [0.25, 0.3) is 0 Å². The quantitative estimate of drug-likeness (QED) is 0.0921. The van der Waals surface area contributed by atoms with Crippen LogP contribution in [0.4, 0.5) is 0 Å². The van der Waals surface area contributed by atoms with Crippen molar-refractivity contribution >= 4 is 5.78 Å². The minimum atomic E-state index is -1.49. The lowest BCUT2D eigenvalue weighted by molar-refractivity contribution is -0.301. The first kappa shape index (κ1) is 31.4. The molecule has 36 heavy (non-hydrogen) atoms. The van der Waals surface area contributed by atoms with E-state index in [-0.39, 0.29) is 19.0 Å².